The predicted molar refractivity (Wildman–Crippen MR) is 80.8 cm³/mol. The first-order valence-corrected chi connectivity index (χ1v) is 7.16. The van der Waals surface area contributed by atoms with Gasteiger partial charge in [-0.15, -0.1) is 0 Å². The summed E-state index contributed by atoms with van der Waals surface area (Å²) in [5.41, 5.74) is 4.93. The number of carbonyl (C=O) groups is 2. The number of nitrogens with zero attached hydrogens (tertiary/aromatic N) is 2. The van der Waals surface area contributed by atoms with Crippen molar-refractivity contribution in [3.63, 3.8) is 0 Å². The van der Waals surface area contributed by atoms with Gasteiger partial charge in [-0.25, -0.2) is 4.79 Å². The van der Waals surface area contributed by atoms with Gasteiger partial charge in [-0.05, 0) is 31.2 Å². The van der Waals surface area contributed by atoms with Crippen molar-refractivity contribution in [1.29, 1.82) is 0 Å². The molecule has 1 fully saturated rings. The highest BCUT2D eigenvalue weighted by Gasteiger charge is 2.28. The molecule has 1 heterocycles. The number of hydrogen-bond acceptors (Lipinski definition) is 5. The van der Waals surface area contributed by atoms with Crippen LogP contribution < -0.4 is 15.2 Å². The second kappa shape index (κ2) is 7.13. The maximum Gasteiger partial charge on any atom is 0.409 e. The average molecular weight is 307 g/mol. The van der Waals surface area contributed by atoms with Gasteiger partial charge < -0.3 is 20.1 Å². The molecule has 0 saturated carbocycles. The molecule has 1 aromatic carbocycles. The Kier molecular flexibility index (Phi) is 5.21. The Labute approximate surface area is 129 Å². The fourth-order valence-electron chi connectivity index (χ4n) is 2.36. The van der Waals surface area contributed by atoms with Crippen molar-refractivity contribution >= 4 is 12.0 Å². The molecule has 1 aliphatic rings. The van der Waals surface area contributed by atoms with E-state index in [1.165, 1.54) is 0 Å². The summed E-state index contributed by atoms with van der Waals surface area (Å²) in [5.74, 6) is 1.18. The Bertz CT molecular complexity index is 532. The maximum atomic E-state index is 11.9. The number of benzene rings is 1. The van der Waals surface area contributed by atoms with E-state index in [1.807, 2.05) is 14.0 Å². The molecule has 2 rings (SSSR count). The van der Waals surface area contributed by atoms with Gasteiger partial charge in [0.1, 0.15) is 18.1 Å². The zero-order chi connectivity index (χ0) is 16.1. The lowest BCUT2D eigenvalue weighted by atomic mass is 10.2. The third kappa shape index (κ3) is 4.11. The molecule has 1 saturated heterocycles. The van der Waals surface area contributed by atoms with Crippen LogP contribution in [0.5, 0.6) is 11.5 Å². The number of primary amides is 1. The lowest BCUT2D eigenvalue weighted by Gasteiger charge is -2.37. The second-order valence-electron chi connectivity index (χ2n) is 5.21. The van der Waals surface area contributed by atoms with Gasteiger partial charge in [-0.3, -0.25) is 9.69 Å². The largest absolute Gasteiger partial charge is 0.492 e. The summed E-state index contributed by atoms with van der Waals surface area (Å²) in [6, 6.07) is 6.52. The lowest BCUT2D eigenvalue weighted by Crippen LogP contribution is -2.55. The fraction of sp³-hybridized carbons (Fsp3) is 0.467. The number of ether oxygens (including phenoxy) is 2. The molecule has 0 unspecified atom stereocenters. The van der Waals surface area contributed by atoms with Gasteiger partial charge in [0, 0.05) is 26.7 Å². The Morgan fingerprint density at radius 1 is 1.27 bits per heavy atom. The number of rotatable bonds is 5. The van der Waals surface area contributed by atoms with Crippen LogP contribution >= 0.6 is 0 Å². The first-order chi connectivity index (χ1) is 10.5. The van der Waals surface area contributed by atoms with Crippen LogP contribution in [0.4, 0.5) is 4.79 Å². The Morgan fingerprint density at radius 3 is 2.55 bits per heavy atom. The molecule has 0 aliphatic carbocycles. The van der Waals surface area contributed by atoms with Crippen LogP contribution in [-0.4, -0.2) is 61.1 Å². The lowest BCUT2D eigenvalue weighted by molar-refractivity contribution is -0.139. The number of hydrogen-bond donors (Lipinski definition) is 1. The smallest absolute Gasteiger partial charge is 0.409 e. The molecule has 2 amide bonds. The molecule has 0 aromatic heterocycles. The van der Waals surface area contributed by atoms with E-state index in [2.05, 4.69) is 4.90 Å². The van der Waals surface area contributed by atoms with Gasteiger partial charge in [-0.2, -0.15) is 0 Å². The summed E-state index contributed by atoms with van der Waals surface area (Å²) >= 11 is 0. The summed E-state index contributed by atoms with van der Waals surface area (Å²) in [5, 5.41) is 0. The van der Waals surface area contributed by atoms with Crippen molar-refractivity contribution in [3.05, 3.63) is 24.3 Å². The van der Waals surface area contributed by atoms with Crippen molar-refractivity contribution in [2.75, 3.05) is 33.3 Å². The minimum absolute atomic E-state index is 0.117. The molecule has 0 radical (unpaired) electrons. The summed E-state index contributed by atoms with van der Waals surface area (Å²) in [7, 11) is 1.82. The van der Waals surface area contributed by atoms with Crippen LogP contribution in [0.15, 0.2) is 24.3 Å². The van der Waals surface area contributed by atoms with E-state index in [-0.39, 0.29) is 11.9 Å². The quantitative estimate of drug-likeness (QED) is 0.865. The SMILES string of the molecule is C[C@@H]1C(=O)N(C)CCN1CCOc1ccc(OC(N)=O)cc1. The summed E-state index contributed by atoms with van der Waals surface area (Å²) in [6.07, 6.45) is -0.845. The van der Waals surface area contributed by atoms with Gasteiger partial charge in [0.05, 0.1) is 6.04 Å². The number of carbonyl (C=O) groups excluding carboxylic acids is 2. The number of likely N-dealkylation sites (N-methyl/N-ethyl adjacent to an activating group) is 1. The number of nitrogens with two attached hydrogens (primary N) is 1. The molecule has 0 bridgehead atoms. The standard InChI is InChI=1S/C15H21N3O4/c1-11-14(19)17(2)7-8-18(11)9-10-21-12-3-5-13(6-4-12)22-15(16)20/h3-6,11H,7-10H2,1-2H3,(H2,16,20)/t11-/m1/s1. The predicted octanol–water partition coefficient (Wildman–Crippen LogP) is 0.685. The molecular weight excluding hydrogens is 286 g/mol. The molecule has 7 heteroatoms. The molecule has 0 spiro atoms. The van der Waals surface area contributed by atoms with E-state index in [9.17, 15) is 9.59 Å². The molecule has 7 nitrogen and oxygen atoms in total. The zero-order valence-corrected chi connectivity index (χ0v) is 12.8. The monoisotopic (exact) mass is 307 g/mol. The van der Waals surface area contributed by atoms with Crippen molar-refractivity contribution < 1.29 is 19.1 Å². The fourth-order valence-corrected chi connectivity index (χ4v) is 2.36. The van der Waals surface area contributed by atoms with Gasteiger partial charge in [0.2, 0.25) is 5.91 Å². The van der Waals surface area contributed by atoms with Crippen LogP contribution in [0.3, 0.4) is 0 Å². The van der Waals surface area contributed by atoms with Crippen molar-refractivity contribution in [2.45, 2.75) is 13.0 Å². The van der Waals surface area contributed by atoms with Crippen molar-refractivity contribution in [1.82, 2.24) is 9.80 Å². The minimum atomic E-state index is -0.845. The van der Waals surface area contributed by atoms with Gasteiger partial charge >= 0.3 is 6.09 Å². The molecule has 1 aliphatic heterocycles. The van der Waals surface area contributed by atoms with Crippen LogP contribution in [0, 0.1) is 0 Å². The summed E-state index contributed by atoms with van der Waals surface area (Å²) in [6.45, 7) is 4.66. The Hall–Kier alpha value is -2.28. The normalized spacial score (nSPS) is 19.1. The van der Waals surface area contributed by atoms with Crippen molar-refractivity contribution in [3.8, 4) is 11.5 Å². The molecule has 120 valence electrons. The highest BCUT2D eigenvalue weighted by molar-refractivity contribution is 5.81. The first-order valence-electron chi connectivity index (χ1n) is 7.16. The van der Waals surface area contributed by atoms with Crippen LogP contribution in [0.2, 0.25) is 0 Å². The Morgan fingerprint density at radius 2 is 1.91 bits per heavy atom. The third-order valence-corrected chi connectivity index (χ3v) is 3.69. The average Bonchev–Trinajstić information content (AvgIpc) is 2.48. The molecular formula is C15H21N3O4. The molecule has 22 heavy (non-hydrogen) atoms. The van der Waals surface area contributed by atoms with Crippen LogP contribution in [0.25, 0.3) is 0 Å². The van der Waals surface area contributed by atoms with E-state index in [0.29, 0.717) is 24.7 Å². The van der Waals surface area contributed by atoms with E-state index >= 15 is 0 Å². The van der Waals surface area contributed by atoms with Crippen molar-refractivity contribution in [2.24, 2.45) is 5.73 Å². The zero-order valence-electron chi connectivity index (χ0n) is 12.8. The van der Waals surface area contributed by atoms with Gasteiger partial charge in [0.15, 0.2) is 0 Å². The number of amides is 2. The molecule has 2 N–H and O–H groups in total. The van der Waals surface area contributed by atoms with Gasteiger partial charge in [-0.1, -0.05) is 0 Å². The molecule has 1 atom stereocenters. The van der Waals surface area contributed by atoms with Crippen LogP contribution in [0.1, 0.15) is 6.92 Å². The first kappa shape index (κ1) is 16.1. The highest BCUT2D eigenvalue weighted by Crippen LogP contribution is 2.17. The second-order valence-corrected chi connectivity index (χ2v) is 5.21. The topological polar surface area (TPSA) is 85.1 Å². The summed E-state index contributed by atoms with van der Waals surface area (Å²) < 4.78 is 10.4. The third-order valence-electron chi connectivity index (χ3n) is 3.69. The maximum absolute atomic E-state index is 11.9. The van der Waals surface area contributed by atoms with E-state index in [0.717, 1.165) is 13.1 Å². The highest BCUT2D eigenvalue weighted by atomic mass is 16.5. The van der Waals surface area contributed by atoms with E-state index < -0.39 is 6.09 Å². The number of piperazine rings is 1. The van der Waals surface area contributed by atoms with E-state index in [4.69, 9.17) is 15.2 Å². The molecule has 1 aromatic rings. The van der Waals surface area contributed by atoms with Crippen LogP contribution in [-0.2, 0) is 4.79 Å². The summed E-state index contributed by atoms with van der Waals surface area (Å²) in [4.78, 5) is 26.4. The van der Waals surface area contributed by atoms with E-state index in [1.54, 1.807) is 29.2 Å². The Balaban J connectivity index is 1.79. The minimum Gasteiger partial charge on any atom is -0.492 e. The van der Waals surface area contributed by atoms with Gasteiger partial charge in [0.25, 0.3) is 0 Å².